The number of nitrogens with zero attached hydrogens (tertiary/aromatic N) is 6. The third-order valence-electron chi connectivity index (χ3n) is 8.79. The molecule has 0 fully saturated rings. The summed E-state index contributed by atoms with van der Waals surface area (Å²) in [5.41, 5.74) is 4.36. The fourth-order valence-corrected chi connectivity index (χ4v) is 7.65. The molecule has 6 aromatic rings. The normalized spacial score (nSPS) is 11.8. The van der Waals surface area contributed by atoms with Crippen LogP contribution in [-0.4, -0.2) is 75.9 Å². The monoisotopic (exact) mass is 962 g/mol. The predicted molar refractivity (Wildman–Crippen MR) is 255 cm³/mol. The Kier molecular flexibility index (Phi) is 18.1. The van der Waals surface area contributed by atoms with Gasteiger partial charge in [0, 0.05) is 64.4 Å². The number of rotatable bonds is 16. The van der Waals surface area contributed by atoms with Crippen LogP contribution in [0.15, 0.2) is 103 Å². The Hall–Kier alpha value is -4.83. The Morgan fingerprint density at radius 2 is 1.12 bits per heavy atom. The number of hydrogen-bond donors (Lipinski definition) is 2. The summed E-state index contributed by atoms with van der Waals surface area (Å²) in [6.45, 7) is 15.8. The van der Waals surface area contributed by atoms with Gasteiger partial charge in [0.2, 0.25) is 0 Å². The number of aromatic nitrogens is 4. The van der Waals surface area contributed by atoms with Crippen LogP contribution in [0.2, 0.25) is 51.4 Å². The van der Waals surface area contributed by atoms with Gasteiger partial charge in [-0.3, -0.25) is 20.2 Å². The summed E-state index contributed by atoms with van der Waals surface area (Å²) in [5, 5.41) is 49.8. The zero-order valence-electron chi connectivity index (χ0n) is 34.8. The Labute approximate surface area is 366 Å². The van der Waals surface area contributed by atoms with Crippen LogP contribution >= 0.6 is 22.6 Å². The highest BCUT2D eigenvalue weighted by Gasteiger charge is 2.17. The van der Waals surface area contributed by atoms with E-state index in [4.69, 9.17) is 19.5 Å². The molecule has 4 aromatic carbocycles. The van der Waals surface area contributed by atoms with E-state index in [1.807, 2.05) is 72.8 Å². The van der Waals surface area contributed by atoms with Crippen molar-refractivity contribution in [2.75, 3.05) is 13.2 Å². The lowest BCUT2D eigenvalue weighted by molar-refractivity contribution is -0.384. The molecule has 0 atom stereocenters. The van der Waals surface area contributed by atoms with Gasteiger partial charge in [0.1, 0.15) is 17.2 Å². The summed E-state index contributed by atoms with van der Waals surface area (Å²) in [5.74, 6) is 1.31. The number of benzene rings is 4. The lowest BCUT2D eigenvalue weighted by Gasteiger charge is -2.15. The molecule has 18 heteroatoms. The first-order valence-corrected chi connectivity index (χ1v) is 27.8. The van der Waals surface area contributed by atoms with Gasteiger partial charge in [-0.2, -0.15) is 10.2 Å². The number of ether oxygens (including phenoxy) is 2. The number of nitro groups is 2. The van der Waals surface area contributed by atoms with E-state index in [2.05, 4.69) is 72.1 Å². The first-order chi connectivity index (χ1) is 28.4. The number of non-ortho nitro benzene ring substituents is 2. The maximum absolute atomic E-state index is 11.2. The fraction of sp³-hybridized carbons (Fsp3) is 0.286. The van der Waals surface area contributed by atoms with Crippen LogP contribution in [0.1, 0.15) is 16.8 Å². The molecule has 0 saturated heterocycles. The topological polar surface area (TPSA) is 181 Å². The molecule has 6 rings (SSSR count). The summed E-state index contributed by atoms with van der Waals surface area (Å²) >= 11 is 2.13. The van der Waals surface area contributed by atoms with Crippen molar-refractivity contribution in [2.45, 2.75) is 64.8 Å². The van der Waals surface area contributed by atoms with Crippen LogP contribution in [0.4, 0.5) is 11.4 Å². The first-order valence-electron chi connectivity index (χ1n) is 19.3. The van der Waals surface area contributed by atoms with Gasteiger partial charge in [-0.25, -0.2) is 9.36 Å². The summed E-state index contributed by atoms with van der Waals surface area (Å²) in [7, 11) is -3.65. The SMILES string of the molecule is C[Si](C)(C)CCOCn1nc(/C=C/c2ccccc2)c2ccc([N+](=O)[O-])cc21.C[Si](C)(C)CCOCn1nc(I)c2ccc([N+](=O)[O-])cc21.OB(O)/C=C/c1ccccc1. The van der Waals surface area contributed by atoms with Crippen LogP contribution in [-0.2, 0) is 22.9 Å². The van der Waals surface area contributed by atoms with E-state index in [1.54, 1.807) is 39.7 Å². The summed E-state index contributed by atoms with van der Waals surface area (Å²) in [4.78, 5) is 21.3. The van der Waals surface area contributed by atoms with E-state index >= 15 is 0 Å². The van der Waals surface area contributed by atoms with Crippen molar-refractivity contribution in [1.82, 2.24) is 19.6 Å². The molecule has 60 heavy (non-hydrogen) atoms. The Morgan fingerprint density at radius 1 is 0.667 bits per heavy atom. The highest BCUT2D eigenvalue weighted by Crippen LogP contribution is 2.27. The van der Waals surface area contributed by atoms with Gasteiger partial charge in [0.15, 0.2) is 0 Å². The quantitative estimate of drug-likeness (QED) is 0.0312. The van der Waals surface area contributed by atoms with E-state index in [1.165, 1.54) is 18.1 Å². The second-order valence-corrected chi connectivity index (χ2v) is 28.5. The number of nitro benzene ring substituents is 2. The smallest absolute Gasteiger partial charge is 0.424 e. The molecule has 0 radical (unpaired) electrons. The summed E-state index contributed by atoms with van der Waals surface area (Å²) in [6.07, 6.45) is 5.58. The van der Waals surface area contributed by atoms with Crippen molar-refractivity contribution >= 4 is 97.3 Å². The second kappa shape index (κ2) is 22.7. The van der Waals surface area contributed by atoms with E-state index in [9.17, 15) is 20.2 Å². The van der Waals surface area contributed by atoms with Gasteiger partial charge in [-0.1, -0.05) is 118 Å². The zero-order valence-corrected chi connectivity index (χ0v) is 38.9. The van der Waals surface area contributed by atoms with Crippen LogP contribution in [0.5, 0.6) is 0 Å². The lowest BCUT2D eigenvalue weighted by atomic mass is 9.91. The summed E-state index contributed by atoms with van der Waals surface area (Å²) in [6, 6.07) is 31.2. The van der Waals surface area contributed by atoms with E-state index in [0.29, 0.717) is 25.5 Å². The highest BCUT2D eigenvalue weighted by molar-refractivity contribution is 14.1. The van der Waals surface area contributed by atoms with Crippen molar-refractivity contribution in [3.8, 4) is 0 Å². The van der Waals surface area contributed by atoms with Crippen molar-refractivity contribution < 1.29 is 29.4 Å². The number of fused-ring (bicyclic) bond motifs is 2. The molecule has 2 heterocycles. The van der Waals surface area contributed by atoms with E-state index in [0.717, 1.165) is 48.9 Å². The van der Waals surface area contributed by atoms with E-state index in [-0.39, 0.29) is 23.0 Å². The van der Waals surface area contributed by atoms with Gasteiger partial charge in [-0.15, -0.1) is 0 Å². The average Bonchev–Trinajstić information content (AvgIpc) is 3.72. The minimum atomic E-state index is -1.37. The molecule has 316 valence electrons. The minimum Gasteiger partial charge on any atom is -0.424 e. The standard InChI is InChI=1S/C21H25N3O3Si.C13H18IN3O3Si.C8H9BO2/c1-28(2,3)14-13-27-16-23-21-15-18(24(25)26)10-11-19(21)20(22-23)12-9-17-7-5-4-6-8-17;1-21(2,3)7-6-20-9-16-12-8-10(17(18)19)4-5-11(12)13(14)15-16;10-9(11)7-6-8-4-2-1-3-5-8/h4-12,15H,13-14,16H2,1-3H3;4-5,8H,6-7,9H2,1-3H3;1-7,10-11H/b12-9+;;7-6+. The number of halogens is 1. The molecular weight excluding hydrogens is 910 g/mol. The maximum Gasteiger partial charge on any atom is 0.480 e. The van der Waals surface area contributed by atoms with Crippen molar-refractivity contribution in [2.24, 2.45) is 0 Å². The second-order valence-electron chi connectivity index (χ2n) is 16.2. The van der Waals surface area contributed by atoms with Crippen LogP contribution in [0.3, 0.4) is 0 Å². The van der Waals surface area contributed by atoms with Gasteiger partial charge >= 0.3 is 7.12 Å². The molecule has 0 spiro atoms. The first kappa shape index (κ1) is 47.8. The van der Waals surface area contributed by atoms with Crippen molar-refractivity contribution in [3.05, 3.63) is 144 Å². The molecule has 2 N–H and O–H groups in total. The van der Waals surface area contributed by atoms with Gasteiger partial charge in [-0.05, 0) is 64.0 Å². The van der Waals surface area contributed by atoms with Crippen LogP contribution in [0.25, 0.3) is 40.0 Å². The third-order valence-corrected chi connectivity index (χ3v) is 13.0. The van der Waals surface area contributed by atoms with Gasteiger partial charge in [0.25, 0.3) is 11.4 Å². The predicted octanol–water partition coefficient (Wildman–Crippen LogP) is 10.0. The lowest BCUT2D eigenvalue weighted by Crippen LogP contribution is -2.22. The molecule has 2 aromatic heterocycles. The molecule has 0 amide bonds. The minimum absolute atomic E-state index is 0.0503. The van der Waals surface area contributed by atoms with Crippen molar-refractivity contribution in [3.63, 3.8) is 0 Å². The molecule has 0 bridgehead atoms. The average molecular weight is 963 g/mol. The highest BCUT2D eigenvalue weighted by atomic mass is 127. The molecule has 0 aliphatic rings. The molecule has 0 aliphatic carbocycles. The molecule has 0 saturated carbocycles. The van der Waals surface area contributed by atoms with Crippen molar-refractivity contribution in [1.29, 1.82) is 0 Å². The molecule has 14 nitrogen and oxygen atoms in total. The molecular formula is C42H52BIN6O8Si2. The van der Waals surface area contributed by atoms with E-state index < -0.39 is 28.2 Å². The molecule has 0 aliphatic heterocycles. The van der Waals surface area contributed by atoms with Gasteiger partial charge < -0.3 is 19.5 Å². The largest absolute Gasteiger partial charge is 0.480 e. The third kappa shape index (κ3) is 16.0. The van der Waals surface area contributed by atoms with Crippen LogP contribution < -0.4 is 0 Å². The van der Waals surface area contributed by atoms with Gasteiger partial charge in [0.05, 0.1) is 26.6 Å². The molecule has 0 unspecified atom stereocenters. The number of hydrogen-bond acceptors (Lipinski definition) is 10. The zero-order chi connectivity index (χ0) is 43.9. The van der Waals surface area contributed by atoms with Crippen LogP contribution in [0, 0.1) is 23.9 Å². The fourth-order valence-electron chi connectivity index (χ4n) is 5.42. The Morgan fingerprint density at radius 3 is 1.58 bits per heavy atom. The maximum atomic E-state index is 11.2. The Bertz CT molecular complexity index is 2380. The summed E-state index contributed by atoms with van der Waals surface area (Å²) < 4.78 is 15.7. The Balaban J connectivity index is 0.000000217.